The van der Waals surface area contributed by atoms with Crippen LogP contribution in [0.25, 0.3) is 10.2 Å². The number of sulfonamides is 1. The van der Waals surface area contributed by atoms with Crippen molar-refractivity contribution in [2.24, 2.45) is 0 Å². The Hall–Kier alpha value is -3.46. The topological polar surface area (TPSA) is 140 Å². The summed E-state index contributed by atoms with van der Waals surface area (Å²) in [5.41, 5.74) is 1.01. The van der Waals surface area contributed by atoms with Gasteiger partial charge in [-0.2, -0.15) is 14.8 Å². The molecule has 42 heavy (non-hydrogen) atoms. The van der Waals surface area contributed by atoms with Crippen LogP contribution in [-0.2, 0) is 10.0 Å². The van der Waals surface area contributed by atoms with Crippen LogP contribution >= 0.6 is 23.7 Å². The molecule has 0 saturated heterocycles. The van der Waals surface area contributed by atoms with Gasteiger partial charge in [0, 0.05) is 56.7 Å². The molecule has 14 heteroatoms. The highest BCUT2D eigenvalue weighted by atomic mass is 35.5. The van der Waals surface area contributed by atoms with E-state index in [9.17, 15) is 13.2 Å². The molecule has 0 aliphatic carbocycles. The van der Waals surface area contributed by atoms with Crippen LogP contribution in [0.15, 0.2) is 41.3 Å². The number of carbonyl (C=O) groups excluding carboxylic acids is 1. The number of nitrogens with zero attached hydrogens (tertiary/aromatic N) is 6. The summed E-state index contributed by atoms with van der Waals surface area (Å²) >= 11 is 1.38. The lowest BCUT2D eigenvalue weighted by molar-refractivity contribution is 0.0983. The molecule has 3 aromatic rings. The molecule has 1 aromatic heterocycles. The van der Waals surface area contributed by atoms with Gasteiger partial charge in [-0.3, -0.25) is 9.69 Å². The van der Waals surface area contributed by atoms with E-state index in [0.717, 1.165) is 22.1 Å². The van der Waals surface area contributed by atoms with Gasteiger partial charge in [0.05, 0.1) is 27.3 Å². The van der Waals surface area contributed by atoms with Crippen LogP contribution in [0.4, 0.5) is 5.13 Å². The largest absolute Gasteiger partial charge is 0.486 e. The number of carbonyl (C=O) groups is 1. The van der Waals surface area contributed by atoms with Crippen molar-refractivity contribution in [2.45, 2.75) is 31.6 Å². The van der Waals surface area contributed by atoms with Crippen LogP contribution in [0, 0.1) is 22.7 Å². The fourth-order valence-electron chi connectivity index (χ4n) is 4.41. The number of hydrogen-bond acceptors (Lipinski definition) is 10. The molecule has 0 saturated carbocycles. The van der Waals surface area contributed by atoms with Crippen LogP contribution in [0.5, 0.6) is 11.5 Å². The van der Waals surface area contributed by atoms with E-state index < -0.39 is 10.0 Å². The number of halogens is 1. The van der Waals surface area contributed by atoms with Crippen LogP contribution in [0.2, 0.25) is 0 Å². The molecule has 0 bridgehead atoms. The Morgan fingerprint density at radius 3 is 2.12 bits per heavy atom. The number of hydrogen-bond donors (Lipinski definition) is 0. The Kier molecular flexibility index (Phi) is 11.9. The SMILES string of the molecule is CCN(CC)CCN(C(=O)c1ccc(S(=O)(=O)N(CCC#N)CCC#N)cc1)c1nc2cc3c(cc2s1)OCCO3.Cl. The van der Waals surface area contributed by atoms with E-state index in [0.29, 0.717) is 54.0 Å². The van der Waals surface area contributed by atoms with Gasteiger partial charge < -0.3 is 14.4 Å². The normalized spacial score (nSPS) is 12.5. The number of aromatic nitrogens is 1. The zero-order valence-corrected chi connectivity index (χ0v) is 25.9. The highest BCUT2D eigenvalue weighted by Crippen LogP contribution is 2.39. The number of benzene rings is 2. The van der Waals surface area contributed by atoms with Crippen molar-refractivity contribution in [3.05, 3.63) is 42.0 Å². The molecule has 0 N–H and O–H groups in total. The second kappa shape index (κ2) is 15.1. The van der Waals surface area contributed by atoms with Crippen molar-refractivity contribution in [2.75, 3.05) is 57.4 Å². The van der Waals surface area contributed by atoms with E-state index in [1.54, 1.807) is 4.90 Å². The van der Waals surface area contributed by atoms with E-state index in [1.165, 1.54) is 35.6 Å². The predicted octanol–water partition coefficient (Wildman–Crippen LogP) is 4.30. The Morgan fingerprint density at radius 2 is 1.55 bits per heavy atom. The molecule has 2 aromatic carbocycles. The lowest BCUT2D eigenvalue weighted by Crippen LogP contribution is -2.39. The van der Waals surface area contributed by atoms with Crippen molar-refractivity contribution >= 4 is 55.0 Å². The summed E-state index contributed by atoms with van der Waals surface area (Å²) in [6.45, 7) is 7.72. The lowest BCUT2D eigenvalue weighted by Gasteiger charge is -2.25. The maximum absolute atomic E-state index is 13.8. The quantitative estimate of drug-likeness (QED) is 0.270. The molecular weight excluding hydrogens is 600 g/mol. The first kappa shape index (κ1) is 33.0. The van der Waals surface area contributed by atoms with Crippen LogP contribution in [0.1, 0.15) is 37.0 Å². The van der Waals surface area contributed by atoms with E-state index in [-0.39, 0.29) is 49.1 Å². The molecule has 224 valence electrons. The summed E-state index contributed by atoms with van der Waals surface area (Å²) in [6.07, 6.45) is 0.0122. The minimum absolute atomic E-state index is 0. The molecule has 2 heterocycles. The average molecular weight is 633 g/mol. The first-order chi connectivity index (χ1) is 19.8. The molecule has 0 spiro atoms. The number of nitriles is 2. The van der Waals surface area contributed by atoms with Gasteiger partial charge in [0.1, 0.15) is 13.2 Å². The van der Waals surface area contributed by atoms with Gasteiger partial charge in [0.25, 0.3) is 5.91 Å². The zero-order chi connectivity index (χ0) is 29.4. The highest BCUT2D eigenvalue weighted by molar-refractivity contribution is 7.89. The number of fused-ring (bicyclic) bond motifs is 2. The van der Waals surface area contributed by atoms with Gasteiger partial charge in [-0.1, -0.05) is 25.2 Å². The summed E-state index contributed by atoms with van der Waals surface area (Å²) in [5.74, 6) is 0.968. The number of rotatable bonds is 13. The maximum atomic E-state index is 13.8. The first-order valence-electron chi connectivity index (χ1n) is 13.4. The smallest absolute Gasteiger partial charge is 0.260 e. The molecule has 1 amide bonds. The Labute approximate surface area is 256 Å². The summed E-state index contributed by atoms with van der Waals surface area (Å²) in [7, 11) is -3.95. The fourth-order valence-corrected chi connectivity index (χ4v) is 6.85. The second-order valence-electron chi connectivity index (χ2n) is 9.19. The third-order valence-corrected chi connectivity index (χ3v) is 9.69. The van der Waals surface area contributed by atoms with Crippen molar-refractivity contribution in [1.82, 2.24) is 14.2 Å². The molecule has 11 nitrogen and oxygen atoms in total. The van der Waals surface area contributed by atoms with Crippen molar-refractivity contribution < 1.29 is 22.7 Å². The van der Waals surface area contributed by atoms with Crippen LogP contribution in [0.3, 0.4) is 0 Å². The average Bonchev–Trinajstić information content (AvgIpc) is 3.40. The predicted molar refractivity (Wildman–Crippen MR) is 163 cm³/mol. The molecule has 1 aliphatic heterocycles. The molecule has 0 radical (unpaired) electrons. The van der Waals surface area contributed by atoms with Crippen LogP contribution < -0.4 is 14.4 Å². The van der Waals surface area contributed by atoms with E-state index >= 15 is 0 Å². The Balaban J connectivity index is 0.00000484. The van der Waals surface area contributed by atoms with Gasteiger partial charge in [0.15, 0.2) is 16.6 Å². The van der Waals surface area contributed by atoms with Crippen LogP contribution in [-0.4, -0.2) is 81.0 Å². The number of anilines is 1. The van der Waals surface area contributed by atoms with Gasteiger partial charge >= 0.3 is 0 Å². The second-order valence-corrected chi connectivity index (χ2v) is 12.1. The molecule has 1 aliphatic rings. The van der Waals surface area contributed by atoms with E-state index in [4.69, 9.17) is 25.0 Å². The summed E-state index contributed by atoms with van der Waals surface area (Å²) in [6, 6.07) is 13.3. The third kappa shape index (κ3) is 7.48. The molecule has 0 atom stereocenters. The molecule has 0 unspecified atom stereocenters. The monoisotopic (exact) mass is 632 g/mol. The van der Waals surface area contributed by atoms with Gasteiger partial charge in [-0.15, -0.1) is 12.4 Å². The van der Waals surface area contributed by atoms with Crippen molar-refractivity contribution in [1.29, 1.82) is 10.5 Å². The number of thiazole rings is 1. The zero-order valence-electron chi connectivity index (χ0n) is 23.5. The van der Waals surface area contributed by atoms with E-state index in [2.05, 4.69) is 18.7 Å². The maximum Gasteiger partial charge on any atom is 0.260 e. The van der Waals surface area contributed by atoms with Gasteiger partial charge in [-0.25, -0.2) is 13.4 Å². The number of ether oxygens (including phenoxy) is 2. The summed E-state index contributed by atoms with van der Waals surface area (Å²) in [4.78, 5) is 22.4. The lowest BCUT2D eigenvalue weighted by atomic mass is 10.2. The minimum Gasteiger partial charge on any atom is -0.486 e. The Bertz CT molecular complexity index is 1500. The fraction of sp³-hybridized carbons (Fsp3) is 0.429. The third-order valence-electron chi connectivity index (χ3n) is 6.74. The summed E-state index contributed by atoms with van der Waals surface area (Å²) < 4.78 is 39.8. The van der Waals surface area contributed by atoms with E-state index in [1.807, 2.05) is 24.3 Å². The number of likely N-dealkylation sites (N-methyl/N-ethyl adjacent to an activating group) is 1. The highest BCUT2D eigenvalue weighted by Gasteiger charge is 2.26. The van der Waals surface area contributed by atoms with Gasteiger partial charge in [-0.05, 0) is 37.4 Å². The summed E-state index contributed by atoms with van der Waals surface area (Å²) in [5, 5.41) is 18.4. The molecule has 0 fully saturated rings. The Morgan fingerprint density at radius 1 is 0.952 bits per heavy atom. The van der Waals surface area contributed by atoms with Crippen molar-refractivity contribution in [3.8, 4) is 23.6 Å². The first-order valence-corrected chi connectivity index (χ1v) is 15.7. The van der Waals surface area contributed by atoms with Gasteiger partial charge in [0.2, 0.25) is 10.0 Å². The number of amides is 1. The standard InChI is InChI=1S/C28H32N6O5S2.ClH/c1-3-32(4-2)15-16-34(28-31-23-19-24-25(20-26(23)40-28)39-18-17-38-24)27(35)21-7-9-22(10-8-21)41(36,37)33(13-5-11-29)14-6-12-30;/h7-10,19-20H,3-6,13-18H2,1-2H3;1H. The molecule has 4 rings (SSSR count). The minimum atomic E-state index is -3.95. The molecular formula is C28H33ClN6O5S2. The van der Waals surface area contributed by atoms with Crippen molar-refractivity contribution in [3.63, 3.8) is 0 Å².